The number of aliphatic hydroxyl groups excluding tert-OH is 1. The molecule has 1 aromatic carbocycles. The van der Waals surface area contributed by atoms with Crippen LogP contribution in [0.3, 0.4) is 0 Å². The molecule has 0 aliphatic rings. The summed E-state index contributed by atoms with van der Waals surface area (Å²) in [6.07, 6.45) is -1.01. The van der Waals surface area contributed by atoms with Crippen LogP contribution in [0.5, 0.6) is 0 Å². The van der Waals surface area contributed by atoms with Crippen LogP contribution in [0.25, 0.3) is 0 Å². The van der Waals surface area contributed by atoms with Crippen molar-refractivity contribution in [2.75, 3.05) is 13.2 Å². The molecule has 0 radical (unpaired) electrons. The second-order valence-corrected chi connectivity index (χ2v) is 5.63. The smallest absolute Gasteiger partial charge is 0.260 e. The van der Waals surface area contributed by atoms with E-state index < -0.39 is 17.6 Å². The molecule has 1 heterocycles. The number of benzene rings is 1. The number of amides is 1. The Morgan fingerprint density at radius 3 is 2.62 bits per heavy atom. The number of pyridine rings is 1. The molecule has 0 unspecified atom stereocenters. The lowest BCUT2D eigenvalue weighted by Gasteiger charge is -2.17. The van der Waals surface area contributed by atoms with Gasteiger partial charge in [0.15, 0.2) is 0 Å². The maximum Gasteiger partial charge on any atom is 0.260 e. The van der Waals surface area contributed by atoms with Crippen molar-refractivity contribution in [2.45, 2.75) is 26.1 Å². The second kappa shape index (κ2) is 8.42. The van der Waals surface area contributed by atoms with Gasteiger partial charge in [-0.1, -0.05) is 30.3 Å². The Kier molecular flexibility index (Phi) is 6.28. The molecular formula is C18H22N2O4. The van der Waals surface area contributed by atoms with E-state index in [0.29, 0.717) is 5.69 Å². The second-order valence-electron chi connectivity index (χ2n) is 5.63. The Bertz CT molecular complexity index is 727. The highest BCUT2D eigenvalue weighted by Gasteiger charge is 2.14. The van der Waals surface area contributed by atoms with Gasteiger partial charge < -0.3 is 20.1 Å². The predicted molar refractivity (Wildman–Crippen MR) is 90.9 cm³/mol. The number of aryl methyl sites for hydroxylation is 1. The number of hydrogen-bond donors (Lipinski definition) is 3. The van der Waals surface area contributed by atoms with E-state index in [2.05, 4.69) is 10.3 Å². The number of hydrogen-bond acceptors (Lipinski definition) is 4. The molecule has 0 spiro atoms. The molecule has 0 saturated heterocycles. The van der Waals surface area contributed by atoms with Gasteiger partial charge in [-0.25, -0.2) is 0 Å². The molecule has 0 saturated carbocycles. The largest absolute Gasteiger partial charge is 0.389 e. The zero-order chi connectivity index (χ0) is 17.5. The quantitative estimate of drug-likeness (QED) is 0.718. The molecular weight excluding hydrogens is 308 g/mol. The van der Waals surface area contributed by atoms with Crippen LogP contribution in [-0.4, -0.2) is 35.3 Å². The van der Waals surface area contributed by atoms with Crippen LogP contribution in [0.2, 0.25) is 0 Å². The number of carbonyl (C=O) groups excluding carboxylic acids is 1. The van der Waals surface area contributed by atoms with Crippen LogP contribution < -0.4 is 10.9 Å². The fourth-order valence-corrected chi connectivity index (χ4v) is 2.19. The van der Waals surface area contributed by atoms with Crippen molar-refractivity contribution in [3.63, 3.8) is 0 Å². The zero-order valence-electron chi connectivity index (χ0n) is 13.8. The summed E-state index contributed by atoms with van der Waals surface area (Å²) in [6.45, 7) is 3.72. The van der Waals surface area contributed by atoms with Crippen LogP contribution in [-0.2, 0) is 4.74 Å². The Labute approximate surface area is 140 Å². The summed E-state index contributed by atoms with van der Waals surface area (Å²) in [7, 11) is 0. The number of aliphatic hydroxyl groups is 1. The van der Waals surface area contributed by atoms with E-state index in [-0.39, 0.29) is 24.8 Å². The molecule has 6 nitrogen and oxygen atoms in total. The van der Waals surface area contributed by atoms with E-state index in [1.54, 1.807) is 13.0 Å². The van der Waals surface area contributed by atoms with Crippen LogP contribution in [0.15, 0.2) is 47.3 Å². The number of rotatable bonds is 7. The molecule has 2 rings (SSSR count). The fourth-order valence-electron chi connectivity index (χ4n) is 2.19. The van der Waals surface area contributed by atoms with E-state index >= 15 is 0 Å². The Morgan fingerprint density at radius 1 is 1.25 bits per heavy atom. The maximum atomic E-state index is 12.0. The zero-order valence-corrected chi connectivity index (χ0v) is 13.8. The highest BCUT2D eigenvalue weighted by Crippen LogP contribution is 2.15. The van der Waals surface area contributed by atoms with Gasteiger partial charge in [0.1, 0.15) is 5.56 Å². The van der Waals surface area contributed by atoms with Crippen LogP contribution >= 0.6 is 0 Å². The van der Waals surface area contributed by atoms with Gasteiger partial charge in [-0.15, -0.1) is 0 Å². The average molecular weight is 330 g/mol. The van der Waals surface area contributed by atoms with Gasteiger partial charge >= 0.3 is 0 Å². The summed E-state index contributed by atoms with van der Waals surface area (Å²) < 4.78 is 5.60. The summed E-state index contributed by atoms with van der Waals surface area (Å²) in [5.41, 5.74) is 1.27. The summed E-state index contributed by atoms with van der Waals surface area (Å²) in [5.74, 6) is -0.522. The molecule has 0 bridgehead atoms. The van der Waals surface area contributed by atoms with Gasteiger partial charge in [-0.2, -0.15) is 0 Å². The monoisotopic (exact) mass is 330 g/mol. The van der Waals surface area contributed by atoms with Gasteiger partial charge in [0.05, 0.1) is 18.8 Å². The summed E-state index contributed by atoms with van der Waals surface area (Å²) in [5, 5.41) is 12.5. The van der Waals surface area contributed by atoms with Crippen LogP contribution in [0, 0.1) is 6.92 Å². The topological polar surface area (TPSA) is 91.4 Å². The molecule has 3 N–H and O–H groups in total. The molecule has 0 aliphatic carbocycles. The van der Waals surface area contributed by atoms with Crippen molar-refractivity contribution in [1.29, 1.82) is 0 Å². The van der Waals surface area contributed by atoms with Crippen molar-refractivity contribution in [3.05, 3.63) is 69.6 Å². The lowest BCUT2D eigenvalue weighted by Crippen LogP contribution is -2.37. The molecule has 2 aromatic rings. The minimum absolute atomic E-state index is 0.00760. The van der Waals surface area contributed by atoms with Crippen LogP contribution in [0.1, 0.15) is 34.6 Å². The lowest BCUT2D eigenvalue weighted by atomic mass is 10.1. The van der Waals surface area contributed by atoms with Gasteiger partial charge in [0.25, 0.3) is 11.5 Å². The minimum Gasteiger partial charge on any atom is -0.389 e. The minimum atomic E-state index is -0.857. The van der Waals surface area contributed by atoms with Crippen molar-refractivity contribution in [1.82, 2.24) is 10.3 Å². The molecule has 6 heteroatoms. The van der Waals surface area contributed by atoms with Crippen molar-refractivity contribution in [2.24, 2.45) is 0 Å². The number of H-pyrrole nitrogens is 1. The first-order chi connectivity index (χ1) is 11.5. The van der Waals surface area contributed by atoms with Crippen molar-refractivity contribution >= 4 is 5.91 Å². The molecule has 128 valence electrons. The number of nitrogens with one attached hydrogen (secondary N) is 2. The highest BCUT2D eigenvalue weighted by molar-refractivity contribution is 5.93. The number of aromatic nitrogens is 1. The lowest BCUT2D eigenvalue weighted by molar-refractivity contribution is -0.00171. The number of aromatic amines is 1. The van der Waals surface area contributed by atoms with E-state index in [0.717, 1.165) is 5.56 Å². The first kappa shape index (κ1) is 17.9. The third-order valence-corrected chi connectivity index (χ3v) is 3.61. The third kappa shape index (κ3) is 5.04. The van der Waals surface area contributed by atoms with Crippen molar-refractivity contribution < 1.29 is 14.6 Å². The Morgan fingerprint density at radius 2 is 1.96 bits per heavy atom. The molecule has 2 atom stereocenters. The summed E-state index contributed by atoms with van der Waals surface area (Å²) in [4.78, 5) is 26.2. The molecule has 1 aromatic heterocycles. The first-order valence-electron chi connectivity index (χ1n) is 7.80. The van der Waals surface area contributed by atoms with E-state index in [1.165, 1.54) is 6.07 Å². The third-order valence-electron chi connectivity index (χ3n) is 3.61. The normalized spacial score (nSPS) is 13.3. The fraction of sp³-hybridized carbons (Fsp3) is 0.333. The first-order valence-corrected chi connectivity index (χ1v) is 7.80. The van der Waals surface area contributed by atoms with E-state index in [9.17, 15) is 14.7 Å². The molecule has 1 amide bonds. The van der Waals surface area contributed by atoms with Gasteiger partial charge in [0, 0.05) is 12.2 Å². The predicted octanol–water partition coefficient (Wildman–Crippen LogP) is 1.55. The standard InChI is InChI=1S/C18H22N2O4/c1-12-8-9-16(18(23)20-12)17(22)19-10-15(21)11-24-13(2)14-6-4-3-5-7-14/h3-9,13,15,21H,10-11H2,1-2H3,(H,19,22)(H,20,23)/t13-,15+/m1/s1. The van der Waals surface area contributed by atoms with E-state index in [4.69, 9.17) is 4.74 Å². The maximum absolute atomic E-state index is 12.0. The number of carbonyl (C=O) groups is 1. The Hall–Kier alpha value is -2.44. The number of ether oxygens (including phenoxy) is 1. The Balaban J connectivity index is 1.79. The highest BCUT2D eigenvalue weighted by atomic mass is 16.5. The summed E-state index contributed by atoms with van der Waals surface area (Å²) in [6, 6.07) is 12.8. The van der Waals surface area contributed by atoms with Gasteiger partial charge in [-0.3, -0.25) is 9.59 Å². The van der Waals surface area contributed by atoms with Crippen LogP contribution in [0.4, 0.5) is 0 Å². The SMILES string of the molecule is Cc1ccc(C(=O)NC[C@H](O)CO[C@H](C)c2ccccc2)c(=O)[nH]1. The van der Waals surface area contributed by atoms with Gasteiger partial charge in [-0.05, 0) is 31.5 Å². The summed E-state index contributed by atoms with van der Waals surface area (Å²) >= 11 is 0. The van der Waals surface area contributed by atoms with Gasteiger partial charge in [0.2, 0.25) is 0 Å². The molecule has 24 heavy (non-hydrogen) atoms. The molecule has 0 aliphatic heterocycles. The average Bonchev–Trinajstić information content (AvgIpc) is 2.58. The van der Waals surface area contributed by atoms with E-state index in [1.807, 2.05) is 37.3 Å². The van der Waals surface area contributed by atoms with Crippen molar-refractivity contribution in [3.8, 4) is 0 Å². The molecule has 0 fully saturated rings.